The van der Waals surface area contributed by atoms with Gasteiger partial charge in [0, 0.05) is 51.1 Å². The summed E-state index contributed by atoms with van der Waals surface area (Å²) in [6.07, 6.45) is 0.821. The van der Waals surface area contributed by atoms with Gasteiger partial charge < -0.3 is 5.11 Å². The molecule has 0 radical (unpaired) electrons. The first-order valence-corrected chi connectivity index (χ1v) is 8.78. The molecule has 1 aromatic carbocycles. The molecule has 2 N–H and O–H groups in total. The second-order valence-corrected chi connectivity index (χ2v) is 6.84. The minimum absolute atomic E-state index is 0.240. The van der Waals surface area contributed by atoms with Gasteiger partial charge in [-0.25, -0.2) is 0 Å². The van der Waals surface area contributed by atoms with Crippen LogP contribution in [0.4, 0.5) is 0 Å². The van der Waals surface area contributed by atoms with Crippen molar-refractivity contribution in [2.75, 3.05) is 26.2 Å². The van der Waals surface area contributed by atoms with E-state index in [4.69, 9.17) is 0 Å². The van der Waals surface area contributed by atoms with Crippen LogP contribution in [0, 0.1) is 13.8 Å². The van der Waals surface area contributed by atoms with Crippen LogP contribution in [0.5, 0.6) is 0 Å². The molecule has 0 bridgehead atoms. The highest BCUT2D eigenvalue weighted by Gasteiger charge is 2.27. The normalized spacial score (nSPS) is 19.7. The van der Waals surface area contributed by atoms with Gasteiger partial charge in [-0.05, 0) is 37.5 Å². The fraction of sp³-hybridized carbons (Fsp3) is 0.526. The number of aromatic amines is 1. The molecule has 1 fully saturated rings. The second kappa shape index (κ2) is 7.92. The highest BCUT2D eigenvalue weighted by molar-refractivity contribution is 5.25. The summed E-state index contributed by atoms with van der Waals surface area (Å²) in [5.74, 6) is 0. The Morgan fingerprint density at radius 3 is 2.75 bits per heavy atom. The lowest BCUT2D eigenvalue weighted by molar-refractivity contribution is 0.0493. The van der Waals surface area contributed by atoms with Crippen LogP contribution in [0.3, 0.4) is 0 Å². The summed E-state index contributed by atoms with van der Waals surface area (Å²) in [5, 5.41) is 16.8. The van der Waals surface area contributed by atoms with Crippen LogP contribution < -0.4 is 0 Å². The Bertz CT molecular complexity index is 654. The number of hydrogen-bond donors (Lipinski definition) is 2. The lowest BCUT2D eigenvalue weighted by atomic mass is 10.0. The standard InChI is InChI=1S/C19H28N4O/c1-15-5-3-4-6-17(15)12-23-9-8-22(14-19(23)7-10-24)13-18-11-16(2)20-21-18/h3-6,11,19,24H,7-10,12-14H2,1-2H3,(H,20,21). The van der Waals surface area contributed by atoms with Crippen LogP contribution in [0.1, 0.15) is 28.9 Å². The first-order valence-electron chi connectivity index (χ1n) is 8.78. The average molecular weight is 328 g/mol. The van der Waals surface area contributed by atoms with Crippen molar-refractivity contribution < 1.29 is 5.11 Å². The third kappa shape index (κ3) is 4.23. The summed E-state index contributed by atoms with van der Waals surface area (Å²) in [5.41, 5.74) is 4.93. The van der Waals surface area contributed by atoms with Gasteiger partial charge in [-0.1, -0.05) is 24.3 Å². The summed E-state index contributed by atoms with van der Waals surface area (Å²) in [7, 11) is 0. The zero-order valence-corrected chi connectivity index (χ0v) is 14.7. The van der Waals surface area contributed by atoms with E-state index in [1.54, 1.807) is 0 Å². The predicted molar refractivity (Wildman–Crippen MR) is 95.7 cm³/mol. The van der Waals surface area contributed by atoms with E-state index in [0.717, 1.165) is 50.5 Å². The minimum Gasteiger partial charge on any atom is -0.396 e. The van der Waals surface area contributed by atoms with Crippen molar-refractivity contribution in [2.24, 2.45) is 0 Å². The Hall–Kier alpha value is -1.69. The summed E-state index contributed by atoms with van der Waals surface area (Å²) in [6, 6.07) is 11.1. The molecule has 2 heterocycles. The molecule has 2 aromatic rings. The molecular weight excluding hydrogens is 300 g/mol. The highest BCUT2D eigenvalue weighted by Crippen LogP contribution is 2.19. The monoisotopic (exact) mass is 328 g/mol. The van der Waals surface area contributed by atoms with Crippen molar-refractivity contribution in [2.45, 2.75) is 39.4 Å². The number of aliphatic hydroxyl groups excluding tert-OH is 1. The van der Waals surface area contributed by atoms with E-state index in [1.165, 1.54) is 11.1 Å². The van der Waals surface area contributed by atoms with E-state index in [9.17, 15) is 5.11 Å². The first-order chi connectivity index (χ1) is 11.7. The van der Waals surface area contributed by atoms with Crippen LogP contribution >= 0.6 is 0 Å². The maximum absolute atomic E-state index is 9.47. The maximum atomic E-state index is 9.47. The number of aromatic nitrogens is 2. The fourth-order valence-corrected chi connectivity index (χ4v) is 3.52. The van der Waals surface area contributed by atoms with E-state index < -0.39 is 0 Å². The van der Waals surface area contributed by atoms with E-state index in [0.29, 0.717) is 6.04 Å². The van der Waals surface area contributed by atoms with Crippen LogP contribution in [0.25, 0.3) is 0 Å². The van der Waals surface area contributed by atoms with Crippen LogP contribution in [-0.2, 0) is 13.1 Å². The Kier molecular flexibility index (Phi) is 5.66. The van der Waals surface area contributed by atoms with Gasteiger partial charge in [0.15, 0.2) is 0 Å². The van der Waals surface area contributed by atoms with Gasteiger partial charge in [0.1, 0.15) is 0 Å². The average Bonchev–Trinajstić information content (AvgIpc) is 2.97. The summed E-state index contributed by atoms with van der Waals surface area (Å²) >= 11 is 0. The van der Waals surface area contributed by atoms with Crippen LogP contribution in [0.2, 0.25) is 0 Å². The lowest BCUT2D eigenvalue weighted by Crippen LogP contribution is -2.52. The molecule has 130 valence electrons. The van der Waals surface area contributed by atoms with E-state index in [1.807, 2.05) is 6.92 Å². The van der Waals surface area contributed by atoms with Gasteiger partial charge in [0.2, 0.25) is 0 Å². The first kappa shape index (κ1) is 17.1. The van der Waals surface area contributed by atoms with E-state index in [-0.39, 0.29) is 6.61 Å². The molecule has 1 atom stereocenters. The number of nitrogens with zero attached hydrogens (tertiary/aromatic N) is 3. The highest BCUT2D eigenvalue weighted by atomic mass is 16.3. The van der Waals surface area contributed by atoms with Gasteiger partial charge >= 0.3 is 0 Å². The van der Waals surface area contributed by atoms with Crippen LogP contribution in [0.15, 0.2) is 30.3 Å². The SMILES string of the molecule is Cc1cc(CN2CCN(Cc3ccccc3C)C(CCO)C2)n[nH]1. The zero-order chi connectivity index (χ0) is 16.9. The summed E-state index contributed by atoms with van der Waals surface area (Å²) < 4.78 is 0. The number of piperazine rings is 1. The van der Waals surface area contributed by atoms with Crippen molar-refractivity contribution in [1.82, 2.24) is 20.0 Å². The molecule has 0 saturated carbocycles. The van der Waals surface area contributed by atoms with Gasteiger partial charge in [-0.15, -0.1) is 0 Å². The molecule has 5 heteroatoms. The summed E-state index contributed by atoms with van der Waals surface area (Å²) in [4.78, 5) is 4.97. The Morgan fingerprint density at radius 2 is 2.04 bits per heavy atom. The number of nitrogens with one attached hydrogen (secondary N) is 1. The summed E-state index contributed by atoms with van der Waals surface area (Å²) in [6.45, 7) is 9.35. The van der Waals surface area contributed by atoms with E-state index >= 15 is 0 Å². The molecule has 5 nitrogen and oxygen atoms in total. The number of H-pyrrole nitrogens is 1. The molecule has 1 aromatic heterocycles. The van der Waals surface area contributed by atoms with E-state index in [2.05, 4.69) is 57.3 Å². The predicted octanol–water partition coefficient (Wildman–Crippen LogP) is 2.10. The molecule has 0 amide bonds. The van der Waals surface area contributed by atoms with Gasteiger partial charge in [-0.2, -0.15) is 5.10 Å². The lowest BCUT2D eigenvalue weighted by Gasteiger charge is -2.41. The topological polar surface area (TPSA) is 55.4 Å². The van der Waals surface area contributed by atoms with Crippen LogP contribution in [-0.4, -0.2) is 57.4 Å². The molecule has 1 saturated heterocycles. The molecule has 24 heavy (non-hydrogen) atoms. The van der Waals surface area contributed by atoms with Gasteiger partial charge in [0.25, 0.3) is 0 Å². The smallest absolute Gasteiger partial charge is 0.0765 e. The molecule has 1 aliphatic heterocycles. The second-order valence-electron chi connectivity index (χ2n) is 6.84. The molecule has 1 aliphatic rings. The largest absolute Gasteiger partial charge is 0.396 e. The van der Waals surface area contributed by atoms with Crippen molar-refractivity contribution in [3.05, 3.63) is 52.8 Å². The molecule has 0 spiro atoms. The van der Waals surface area contributed by atoms with Crippen molar-refractivity contribution in [3.8, 4) is 0 Å². The Balaban J connectivity index is 1.63. The van der Waals surface area contributed by atoms with Gasteiger partial charge in [-0.3, -0.25) is 14.9 Å². The third-order valence-corrected chi connectivity index (χ3v) is 4.93. The van der Waals surface area contributed by atoms with Crippen molar-refractivity contribution in [3.63, 3.8) is 0 Å². The number of aliphatic hydroxyl groups is 1. The third-order valence-electron chi connectivity index (χ3n) is 4.93. The number of rotatable bonds is 6. The molecular formula is C19H28N4O. The fourth-order valence-electron chi connectivity index (χ4n) is 3.52. The molecule has 0 aliphatic carbocycles. The van der Waals surface area contributed by atoms with Gasteiger partial charge in [0.05, 0.1) is 5.69 Å². The van der Waals surface area contributed by atoms with Crippen molar-refractivity contribution in [1.29, 1.82) is 0 Å². The van der Waals surface area contributed by atoms with Crippen molar-refractivity contribution >= 4 is 0 Å². The molecule has 3 rings (SSSR count). The maximum Gasteiger partial charge on any atom is 0.0765 e. The molecule has 1 unspecified atom stereocenters. The quantitative estimate of drug-likeness (QED) is 0.853. The minimum atomic E-state index is 0.240. The number of hydrogen-bond acceptors (Lipinski definition) is 4. The Labute approximate surface area is 144 Å². The zero-order valence-electron chi connectivity index (χ0n) is 14.7. The number of benzene rings is 1. The number of aryl methyl sites for hydroxylation is 2. The Morgan fingerprint density at radius 1 is 1.21 bits per heavy atom.